The average molecular weight is 348 g/mol. The molecule has 1 unspecified atom stereocenters. The molecule has 0 radical (unpaired) electrons. The van der Waals surface area contributed by atoms with E-state index in [4.69, 9.17) is 4.74 Å². The van der Waals surface area contributed by atoms with Gasteiger partial charge < -0.3 is 20.1 Å². The van der Waals surface area contributed by atoms with E-state index in [9.17, 15) is 19.5 Å². The number of carboxylic acid groups (broad SMARTS) is 1. The number of carbonyl (C=O) groups excluding carboxylic acids is 2. The fraction of sp³-hybridized carbons (Fsp3) is 0.500. The first-order valence-corrected chi connectivity index (χ1v) is 8.35. The number of hydrogen-bond donors (Lipinski definition) is 2. The van der Waals surface area contributed by atoms with E-state index in [1.54, 1.807) is 43.2 Å². The second kappa shape index (κ2) is 8.00. The Morgan fingerprint density at radius 3 is 2.52 bits per heavy atom. The molecule has 1 aromatic carbocycles. The van der Waals surface area contributed by atoms with Crippen molar-refractivity contribution in [2.45, 2.75) is 32.7 Å². The van der Waals surface area contributed by atoms with E-state index in [-0.39, 0.29) is 24.8 Å². The van der Waals surface area contributed by atoms with Gasteiger partial charge in [-0.05, 0) is 30.2 Å². The normalized spacial score (nSPS) is 19.4. The monoisotopic (exact) mass is 348 g/mol. The molecule has 0 aromatic heterocycles. The number of nitrogens with one attached hydrogen (secondary N) is 1. The zero-order valence-electron chi connectivity index (χ0n) is 14.7. The lowest BCUT2D eigenvalue weighted by Gasteiger charge is -2.22. The average Bonchev–Trinajstić information content (AvgIpc) is 3.00. The van der Waals surface area contributed by atoms with Crippen molar-refractivity contribution in [2.24, 2.45) is 11.8 Å². The van der Waals surface area contributed by atoms with Gasteiger partial charge in [0.2, 0.25) is 11.8 Å². The molecule has 0 aliphatic carbocycles. The Balaban J connectivity index is 2.05. The number of carbonyl (C=O) groups is 3. The van der Waals surface area contributed by atoms with Crippen LogP contribution in [0, 0.1) is 11.8 Å². The summed E-state index contributed by atoms with van der Waals surface area (Å²) in [7, 11) is 1.56. The Kier molecular flexibility index (Phi) is 6.01. The van der Waals surface area contributed by atoms with E-state index in [1.165, 1.54) is 0 Å². The zero-order valence-corrected chi connectivity index (χ0v) is 14.7. The molecule has 25 heavy (non-hydrogen) atoms. The third kappa shape index (κ3) is 4.29. The molecule has 2 rings (SSSR count). The van der Waals surface area contributed by atoms with Crippen molar-refractivity contribution in [1.82, 2.24) is 5.32 Å². The molecular weight excluding hydrogens is 324 g/mol. The second-order valence-electron chi connectivity index (χ2n) is 6.31. The van der Waals surface area contributed by atoms with E-state index in [0.29, 0.717) is 17.9 Å². The predicted octanol–water partition coefficient (Wildman–Crippen LogP) is 1.66. The lowest BCUT2D eigenvalue weighted by molar-refractivity contribution is -0.143. The zero-order chi connectivity index (χ0) is 18.6. The lowest BCUT2D eigenvalue weighted by Crippen LogP contribution is -2.47. The number of aliphatic carboxylic acids is 1. The molecule has 0 spiro atoms. The maximum atomic E-state index is 12.4. The first-order chi connectivity index (χ1) is 11.9. The first kappa shape index (κ1) is 18.8. The van der Waals surface area contributed by atoms with Crippen LogP contribution < -0.4 is 15.0 Å². The fourth-order valence-corrected chi connectivity index (χ4v) is 2.85. The van der Waals surface area contributed by atoms with Crippen LogP contribution in [0.15, 0.2) is 24.3 Å². The van der Waals surface area contributed by atoms with Gasteiger partial charge in [0.05, 0.1) is 13.0 Å². The molecule has 1 heterocycles. The summed E-state index contributed by atoms with van der Waals surface area (Å²) in [5.41, 5.74) is 0.692. The smallest absolute Gasteiger partial charge is 0.326 e. The number of methoxy groups -OCH3 is 1. The SMILES string of the molecule is CC[C@H](C)[C@H](NC(=O)C1CC(=O)N(c2ccc(OC)cc2)C1)C(=O)O. The minimum atomic E-state index is -1.06. The van der Waals surface area contributed by atoms with Gasteiger partial charge in [0.15, 0.2) is 0 Å². The number of ether oxygens (including phenoxy) is 1. The summed E-state index contributed by atoms with van der Waals surface area (Å²) in [6.45, 7) is 3.89. The summed E-state index contributed by atoms with van der Waals surface area (Å²) in [6, 6.07) is 6.08. The van der Waals surface area contributed by atoms with Crippen molar-refractivity contribution in [2.75, 3.05) is 18.6 Å². The number of amides is 2. The van der Waals surface area contributed by atoms with E-state index in [2.05, 4.69) is 5.32 Å². The van der Waals surface area contributed by atoms with Crippen LogP contribution in [-0.4, -0.2) is 42.6 Å². The molecule has 7 nitrogen and oxygen atoms in total. The lowest BCUT2D eigenvalue weighted by atomic mass is 9.98. The minimum Gasteiger partial charge on any atom is -0.497 e. The molecule has 1 saturated heterocycles. The van der Waals surface area contributed by atoms with Crippen LogP contribution in [0.4, 0.5) is 5.69 Å². The van der Waals surface area contributed by atoms with E-state index < -0.39 is 23.8 Å². The van der Waals surface area contributed by atoms with Gasteiger partial charge in [-0.25, -0.2) is 4.79 Å². The number of carboxylic acids is 1. The highest BCUT2D eigenvalue weighted by atomic mass is 16.5. The van der Waals surface area contributed by atoms with Gasteiger partial charge in [-0.15, -0.1) is 0 Å². The molecule has 0 bridgehead atoms. The molecule has 7 heteroatoms. The number of hydrogen-bond acceptors (Lipinski definition) is 4. The maximum Gasteiger partial charge on any atom is 0.326 e. The molecule has 2 amide bonds. The Morgan fingerprint density at radius 2 is 2.00 bits per heavy atom. The number of nitrogens with zero attached hydrogens (tertiary/aromatic N) is 1. The van der Waals surface area contributed by atoms with E-state index in [0.717, 1.165) is 0 Å². The van der Waals surface area contributed by atoms with E-state index in [1.807, 2.05) is 6.92 Å². The topological polar surface area (TPSA) is 95.9 Å². The molecule has 1 aliphatic rings. The Morgan fingerprint density at radius 1 is 1.36 bits per heavy atom. The van der Waals surface area contributed by atoms with Crippen molar-refractivity contribution in [3.8, 4) is 5.75 Å². The number of anilines is 1. The van der Waals surface area contributed by atoms with Gasteiger partial charge in [-0.2, -0.15) is 0 Å². The van der Waals surface area contributed by atoms with Gasteiger partial charge in [0.1, 0.15) is 11.8 Å². The Labute approximate surface area is 147 Å². The van der Waals surface area contributed by atoms with Gasteiger partial charge in [-0.3, -0.25) is 9.59 Å². The molecule has 3 atom stereocenters. The minimum absolute atomic E-state index is 0.0741. The van der Waals surface area contributed by atoms with Gasteiger partial charge >= 0.3 is 5.97 Å². The standard InChI is InChI=1S/C18H24N2O5/c1-4-11(2)16(18(23)24)19-17(22)12-9-15(21)20(10-12)13-5-7-14(25-3)8-6-13/h5-8,11-12,16H,4,9-10H2,1-3H3,(H,19,22)(H,23,24)/t11-,12?,16-/m0/s1. The molecule has 1 aromatic rings. The molecule has 1 aliphatic heterocycles. The van der Waals surface area contributed by atoms with Crippen LogP contribution in [0.25, 0.3) is 0 Å². The van der Waals surface area contributed by atoms with Crippen molar-refractivity contribution in [3.05, 3.63) is 24.3 Å². The molecule has 1 fully saturated rings. The molecular formula is C18H24N2O5. The molecule has 136 valence electrons. The Hall–Kier alpha value is -2.57. The van der Waals surface area contributed by atoms with Gasteiger partial charge in [0.25, 0.3) is 0 Å². The van der Waals surface area contributed by atoms with Crippen LogP contribution in [0.5, 0.6) is 5.75 Å². The largest absolute Gasteiger partial charge is 0.497 e. The van der Waals surface area contributed by atoms with Crippen molar-refractivity contribution in [3.63, 3.8) is 0 Å². The van der Waals surface area contributed by atoms with Crippen LogP contribution in [0.2, 0.25) is 0 Å². The van der Waals surface area contributed by atoms with Crippen molar-refractivity contribution in [1.29, 1.82) is 0 Å². The molecule has 0 saturated carbocycles. The predicted molar refractivity (Wildman–Crippen MR) is 92.5 cm³/mol. The maximum absolute atomic E-state index is 12.4. The van der Waals surface area contributed by atoms with Gasteiger partial charge in [0, 0.05) is 18.7 Å². The third-order valence-corrected chi connectivity index (χ3v) is 4.66. The fourth-order valence-electron chi connectivity index (χ4n) is 2.85. The summed E-state index contributed by atoms with van der Waals surface area (Å²) < 4.78 is 5.09. The van der Waals surface area contributed by atoms with Crippen molar-refractivity contribution < 1.29 is 24.2 Å². The first-order valence-electron chi connectivity index (χ1n) is 8.35. The summed E-state index contributed by atoms with van der Waals surface area (Å²) >= 11 is 0. The number of rotatable bonds is 7. The summed E-state index contributed by atoms with van der Waals surface area (Å²) in [5, 5.41) is 11.9. The van der Waals surface area contributed by atoms with Crippen LogP contribution in [0.3, 0.4) is 0 Å². The summed E-state index contributed by atoms with van der Waals surface area (Å²) in [6.07, 6.45) is 0.712. The highest BCUT2D eigenvalue weighted by Gasteiger charge is 2.37. The highest BCUT2D eigenvalue weighted by molar-refractivity contribution is 6.00. The highest BCUT2D eigenvalue weighted by Crippen LogP contribution is 2.27. The third-order valence-electron chi connectivity index (χ3n) is 4.66. The van der Waals surface area contributed by atoms with E-state index >= 15 is 0 Å². The number of benzene rings is 1. The quantitative estimate of drug-likeness (QED) is 0.781. The van der Waals surface area contributed by atoms with Crippen LogP contribution >= 0.6 is 0 Å². The second-order valence-corrected chi connectivity index (χ2v) is 6.31. The Bertz CT molecular complexity index is 643. The van der Waals surface area contributed by atoms with Crippen molar-refractivity contribution >= 4 is 23.5 Å². The summed E-state index contributed by atoms with van der Waals surface area (Å²) in [4.78, 5) is 37.6. The van der Waals surface area contributed by atoms with Crippen LogP contribution in [-0.2, 0) is 14.4 Å². The van der Waals surface area contributed by atoms with Crippen LogP contribution in [0.1, 0.15) is 26.7 Å². The van der Waals surface area contributed by atoms with Gasteiger partial charge in [-0.1, -0.05) is 20.3 Å². The summed E-state index contributed by atoms with van der Waals surface area (Å²) in [5.74, 6) is -1.66. The molecule has 2 N–H and O–H groups in total.